The van der Waals surface area contributed by atoms with Gasteiger partial charge in [0.1, 0.15) is 0 Å². The lowest BCUT2D eigenvalue weighted by atomic mass is 9.80. The van der Waals surface area contributed by atoms with Gasteiger partial charge in [0, 0.05) is 6.04 Å². The lowest BCUT2D eigenvalue weighted by molar-refractivity contribution is -0.143. The molecule has 2 fully saturated rings. The third-order valence-electron chi connectivity index (χ3n) is 4.96. The maximum atomic E-state index is 11.0. The molecule has 1 N–H and O–H groups in total. The van der Waals surface area contributed by atoms with E-state index in [0.717, 1.165) is 43.8 Å². The van der Waals surface area contributed by atoms with Crippen LogP contribution in [0.25, 0.3) is 0 Å². The molecule has 2 atom stereocenters. The van der Waals surface area contributed by atoms with Crippen LogP contribution in [0.3, 0.4) is 0 Å². The molecule has 2 unspecified atom stereocenters. The first-order chi connectivity index (χ1) is 9.06. The molecule has 1 aliphatic heterocycles. The van der Waals surface area contributed by atoms with Crippen LogP contribution in [0.4, 0.5) is 0 Å². The number of rotatable bonds is 4. The van der Waals surface area contributed by atoms with Crippen LogP contribution in [-0.2, 0) is 4.79 Å². The van der Waals surface area contributed by atoms with E-state index in [4.69, 9.17) is 5.11 Å². The smallest absolute Gasteiger partial charge is 0.306 e. The number of hydrogen-bond acceptors (Lipinski definition) is 2. The van der Waals surface area contributed by atoms with Gasteiger partial charge in [-0.25, -0.2) is 0 Å². The van der Waals surface area contributed by atoms with Gasteiger partial charge in [-0.2, -0.15) is 0 Å². The Balaban J connectivity index is 1.80. The number of hydrogen-bond donors (Lipinski definition) is 1. The van der Waals surface area contributed by atoms with Crippen molar-refractivity contribution >= 4 is 5.97 Å². The van der Waals surface area contributed by atoms with Gasteiger partial charge in [-0.1, -0.05) is 26.7 Å². The van der Waals surface area contributed by atoms with Crippen molar-refractivity contribution in [2.24, 2.45) is 17.8 Å². The monoisotopic (exact) mass is 267 g/mol. The average molecular weight is 267 g/mol. The van der Waals surface area contributed by atoms with Gasteiger partial charge in [0.2, 0.25) is 0 Å². The quantitative estimate of drug-likeness (QED) is 0.849. The Labute approximate surface area is 117 Å². The van der Waals surface area contributed by atoms with Crippen LogP contribution in [-0.4, -0.2) is 35.1 Å². The van der Waals surface area contributed by atoms with Gasteiger partial charge in [0.25, 0.3) is 0 Å². The summed E-state index contributed by atoms with van der Waals surface area (Å²) in [5.41, 5.74) is 0. The molecule has 3 heteroatoms. The Morgan fingerprint density at radius 1 is 1.21 bits per heavy atom. The number of aliphatic carboxylic acids is 1. The minimum Gasteiger partial charge on any atom is -0.481 e. The van der Waals surface area contributed by atoms with E-state index in [0.29, 0.717) is 0 Å². The molecule has 19 heavy (non-hydrogen) atoms. The molecule has 1 aliphatic carbocycles. The van der Waals surface area contributed by atoms with Gasteiger partial charge >= 0.3 is 5.97 Å². The van der Waals surface area contributed by atoms with Crippen molar-refractivity contribution < 1.29 is 9.90 Å². The van der Waals surface area contributed by atoms with E-state index in [-0.39, 0.29) is 5.92 Å². The fourth-order valence-electron chi connectivity index (χ4n) is 3.99. The molecule has 2 rings (SSSR count). The van der Waals surface area contributed by atoms with Gasteiger partial charge in [0.15, 0.2) is 0 Å². The van der Waals surface area contributed by atoms with E-state index in [1.807, 2.05) is 0 Å². The normalized spacial score (nSPS) is 30.7. The summed E-state index contributed by atoms with van der Waals surface area (Å²) in [6.07, 6.45) is 8.49. The van der Waals surface area contributed by atoms with Gasteiger partial charge < -0.3 is 10.0 Å². The van der Waals surface area contributed by atoms with Gasteiger partial charge in [0.05, 0.1) is 5.92 Å². The van der Waals surface area contributed by atoms with Crippen LogP contribution in [0.1, 0.15) is 58.8 Å². The summed E-state index contributed by atoms with van der Waals surface area (Å²) in [5, 5.41) is 9.06. The highest BCUT2D eigenvalue weighted by molar-refractivity contribution is 5.70. The summed E-state index contributed by atoms with van der Waals surface area (Å²) in [5.74, 6) is 1.02. The Kier molecular flexibility index (Phi) is 5.26. The number of likely N-dealkylation sites (tertiary alicyclic amines) is 1. The maximum Gasteiger partial charge on any atom is 0.306 e. The van der Waals surface area contributed by atoms with Crippen molar-refractivity contribution in [3.8, 4) is 0 Å². The number of carboxylic acid groups (broad SMARTS) is 1. The summed E-state index contributed by atoms with van der Waals surface area (Å²) >= 11 is 0. The van der Waals surface area contributed by atoms with E-state index in [2.05, 4.69) is 18.7 Å². The second-order valence-corrected chi connectivity index (χ2v) is 6.96. The molecule has 0 aromatic rings. The SMILES string of the molecule is CC(C)CC1CCCC(N2CCC(C(=O)O)CC2)C1. The molecule has 0 amide bonds. The van der Waals surface area contributed by atoms with E-state index in [1.54, 1.807) is 0 Å². The van der Waals surface area contributed by atoms with Crippen LogP contribution in [0, 0.1) is 17.8 Å². The molecule has 3 nitrogen and oxygen atoms in total. The van der Waals surface area contributed by atoms with Crippen LogP contribution < -0.4 is 0 Å². The zero-order valence-electron chi connectivity index (χ0n) is 12.5. The van der Waals surface area contributed by atoms with Crippen molar-refractivity contribution in [3.05, 3.63) is 0 Å². The molecule has 110 valence electrons. The highest BCUT2D eigenvalue weighted by Gasteiger charge is 2.31. The topological polar surface area (TPSA) is 40.5 Å². The Bertz CT molecular complexity index is 295. The molecule has 0 spiro atoms. The van der Waals surface area contributed by atoms with E-state index < -0.39 is 5.97 Å². The zero-order valence-corrected chi connectivity index (χ0v) is 12.5. The molecule has 1 heterocycles. The van der Waals surface area contributed by atoms with Gasteiger partial charge in [-0.15, -0.1) is 0 Å². The first kappa shape index (κ1) is 14.8. The zero-order chi connectivity index (χ0) is 13.8. The third-order valence-corrected chi connectivity index (χ3v) is 4.96. The molecule has 0 aromatic heterocycles. The number of piperidine rings is 1. The summed E-state index contributed by atoms with van der Waals surface area (Å²) < 4.78 is 0. The highest BCUT2D eigenvalue weighted by Crippen LogP contribution is 2.33. The van der Waals surface area contributed by atoms with Crippen molar-refractivity contribution in [2.45, 2.75) is 64.8 Å². The summed E-state index contributed by atoms with van der Waals surface area (Å²) in [7, 11) is 0. The standard InChI is InChI=1S/C16H29NO2/c1-12(2)10-13-4-3-5-15(11-13)17-8-6-14(7-9-17)16(18)19/h12-15H,3-11H2,1-2H3,(H,18,19). The van der Waals surface area contributed by atoms with Crippen molar-refractivity contribution in [2.75, 3.05) is 13.1 Å². The fraction of sp³-hybridized carbons (Fsp3) is 0.938. The summed E-state index contributed by atoms with van der Waals surface area (Å²) in [4.78, 5) is 13.6. The second kappa shape index (κ2) is 6.74. The van der Waals surface area contributed by atoms with Crippen molar-refractivity contribution in [3.63, 3.8) is 0 Å². The minimum absolute atomic E-state index is 0.0914. The number of carbonyl (C=O) groups is 1. The molecule has 0 aromatic carbocycles. The maximum absolute atomic E-state index is 11.0. The Morgan fingerprint density at radius 2 is 1.89 bits per heavy atom. The Hall–Kier alpha value is -0.570. The summed E-state index contributed by atoms with van der Waals surface area (Å²) in [6, 6.07) is 0.729. The predicted octanol–water partition coefficient (Wildman–Crippen LogP) is 3.39. The predicted molar refractivity (Wildman–Crippen MR) is 77.1 cm³/mol. The van der Waals surface area contributed by atoms with Crippen LogP contribution in [0.5, 0.6) is 0 Å². The van der Waals surface area contributed by atoms with Crippen LogP contribution in [0.2, 0.25) is 0 Å². The van der Waals surface area contributed by atoms with E-state index in [1.165, 1.54) is 32.1 Å². The molecule has 2 aliphatic rings. The molecule has 0 radical (unpaired) electrons. The third kappa shape index (κ3) is 4.20. The molecule has 1 saturated carbocycles. The molecular weight excluding hydrogens is 238 g/mol. The van der Waals surface area contributed by atoms with Gasteiger partial charge in [-0.3, -0.25) is 4.79 Å². The van der Waals surface area contributed by atoms with Crippen LogP contribution in [0.15, 0.2) is 0 Å². The first-order valence-electron chi connectivity index (χ1n) is 8.03. The summed E-state index contributed by atoms with van der Waals surface area (Å²) in [6.45, 7) is 6.63. The number of carboxylic acids is 1. The highest BCUT2D eigenvalue weighted by atomic mass is 16.4. The van der Waals surface area contributed by atoms with E-state index >= 15 is 0 Å². The Morgan fingerprint density at radius 3 is 2.47 bits per heavy atom. The first-order valence-corrected chi connectivity index (χ1v) is 8.03. The minimum atomic E-state index is -0.596. The molecule has 0 bridgehead atoms. The van der Waals surface area contributed by atoms with Gasteiger partial charge in [-0.05, 0) is 57.0 Å². The van der Waals surface area contributed by atoms with Crippen molar-refractivity contribution in [1.29, 1.82) is 0 Å². The van der Waals surface area contributed by atoms with E-state index in [9.17, 15) is 4.79 Å². The lowest BCUT2D eigenvalue weighted by Gasteiger charge is -2.41. The second-order valence-electron chi connectivity index (χ2n) is 6.96. The molecular formula is C16H29NO2. The molecule has 1 saturated heterocycles. The van der Waals surface area contributed by atoms with Crippen LogP contribution >= 0.6 is 0 Å². The van der Waals surface area contributed by atoms with Crippen molar-refractivity contribution in [1.82, 2.24) is 4.90 Å². The number of nitrogens with zero attached hydrogens (tertiary/aromatic N) is 1. The largest absolute Gasteiger partial charge is 0.481 e. The fourth-order valence-corrected chi connectivity index (χ4v) is 3.99. The average Bonchev–Trinajstić information content (AvgIpc) is 2.38. The lowest BCUT2D eigenvalue weighted by Crippen LogP contribution is -2.44.